The molecule has 0 saturated carbocycles. The Morgan fingerprint density at radius 2 is 1.89 bits per heavy atom. The second-order valence-electron chi connectivity index (χ2n) is 3.62. The Bertz CT molecular complexity index is 436. The summed E-state index contributed by atoms with van der Waals surface area (Å²) in [4.78, 5) is 23.5. The molecule has 1 heterocycles. The van der Waals surface area contributed by atoms with E-state index >= 15 is 0 Å². The minimum Gasteiger partial charge on any atom is -0.493 e. The van der Waals surface area contributed by atoms with Crippen LogP contribution >= 0.6 is 0 Å². The summed E-state index contributed by atoms with van der Waals surface area (Å²) in [7, 11) is 0. The van der Waals surface area contributed by atoms with Gasteiger partial charge in [0, 0.05) is 6.42 Å². The van der Waals surface area contributed by atoms with Crippen molar-refractivity contribution in [3.05, 3.63) is 36.8 Å². The molecule has 0 N–H and O–H groups in total. The Morgan fingerprint density at radius 1 is 1.17 bits per heavy atom. The van der Waals surface area contributed by atoms with Crippen LogP contribution in [0.5, 0.6) is 0 Å². The molecule has 2 atom stereocenters. The quantitative estimate of drug-likeness (QED) is 0.544. The van der Waals surface area contributed by atoms with Gasteiger partial charge in [0.2, 0.25) is 0 Å². The van der Waals surface area contributed by atoms with E-state index < -0.39 is 24.3 Å². The third-order valence-electron chi connectivity index (χ3n) is 2.60. The van der Waals surface area contributed by atoms with Gasteiger partial charge in [0.25, 0.3) is 6.29 Å². The van der Waals surface area contributed by atoms with Gasteiger partial charge in [0.1, 0.15) is 6.10 Å². The van der Waals surface area contributed by atoms with E-state index in [0.29, 0.717) is 6.42 Å². The van der Waals surface area contributed by atoms with Crippen molar-refractivity contribution in [1.82, 2.24) is 0 Å². The van der Waals surface area contributed by atoms with Gasteiger partial charge in [-0.1, -0.05) is 13.2 Å². The number of carbonyl (C=O) groups is 2. The maximum absolute atomic E-state index is 11.8. The second-order valence-corrected chi connectivity index (χ2v) is 3.62. The monoisotopic (exact) mass is 252 g/mol. The van der Waals surface area contributed by atoms with Crippen molar-refractivity contribution in [1.29, 1.82) is 0 Å². The third-order valence-corrected chi connectivity index (χ3v) is 2.60. The predicted octanol–water partition coefficient (Wildman–Crippen LogP) is 0.802. The molecule has 1 aliphatic heterocycles. The average Bonchev–Trinajstić information content (AvgIpc) is 2.29. The van der Waals surface area contributed by atoms with E-state index in [-0.39, 0.29) is 17.8 Å². The van der Waals surface area contributed by atoms with Gasteiger partial charge < -0.3 is 18.9 Å². The number of hydrogen-bond acceptors (Lipinski definition) is 6. The normalized spacial score (nSPS) is 26.7. The molecule has 0 spiro atoms. The Hall–Kier alpha value is -2.24. The molecular weight excluding hydrogens is 240 g/mol. The van der Waals surface area contributed by atoms with Crippen molar-refractivity contribution in [3.63, 3.8) is 0 Å². The van der Waals surface area contributed by atoms with Gasteiger partial charge in [-0.25, -0.2) is 9.59 Å². The van der Waals surface area contributed by atoms with Crippen molar-refractivity contribution in [2.24, 2.45) is 0 Å². The molecule has 2 aliphatic rings. The fourth-order valence-corrected chi connectivity index (χ4v) is 1.76. The highest BCUT2D eigenvalue weighted by Gasteiger charge is 2.43. The number of hydrogen-bond donors (Lipinski definition) is 0. The summed E-state index contributed by atoms with van der Waals surface area (Å²) in [6.45, 7) is 6.57. The lowest BCUT2D eigenvalue weighted by molar-refractivity contribution is -0.183. The average molecular weight is 252 g/mol. The summed E-state index contributed by atoms with van der Waals surface area (Å²) in [5, 5.41) is 0. The van der Waals surface area contributed by atoms with Gasteiger partial charge in [-0.15, -0.1) is 0 Å². The van der Waals surface area contributed by atoms with E-state index in [0.717, 1.165) is 6.26 Å². The maximum Gasteiger partial charge on any atom is 0.341 e. The third kappa shape index (κ3) is 2.09. The van der Waals surface area contributed by atoms with Crippen molar-refractivity contribution < 1.29 is 28.5 Å². The molecule has 0 aromatic rings. The number of carbonyl (C=O) groups excluding carboxylic acids is 2. The first-order valence-corrected chi connectivity index (χ1v) is 5.31. The Labute approximate surface area is 103 Å². The van der Waals surface area contributed by atoms with Gasteiger partial charge in [-0.05, 0) is 0 Å². The highest BCUT2D eigenvalue weighted by molar-refractivity contribution is 6.04. The van der Waals surface area contributed by atoms with E-state index in [1.165, 1.54) is 6.26 Å². The summed E-state index contributed by atoms with van der Waals surface area (Å²) in [6.07, 6.45) is 1.13. The molecule has 0 saturated heterocycles. The summed E-state index contributed by atoms with van der Waals surface area (Å²) in [5.74, 6) is -1.20. The molecule has 2 unspecified atom stereocenters. The van der Waals surface area contributed by atoms with E-state index in [1.807, 2.05) is 0 Å². The smallest absolute Gasteiger partial charge is 0.341 e. The molecule has 6 heteroatoms. The zero-order chi connectivity index (χ0) is 13.1. The van der Waals surface area contributed by atoms with Crippen molar-refractivity contribution >= 4 is 11.9 Å². The lowest BCUT2D eigenvalue weighted by Gasteiger charge is -2.32. The standard InChI is InChI=1S/C12H12O6/c1-3-15-8-5-7-10(8)12(14)18-9(16-4-2)6-17-11(7)13/h3-4,8-9H,1-2,5-6H2. The van der Waals surface area contributed by atoms with Crippen LogP contribution in [0, 0.1) is 0 Å². The molecule has 1 aliphatic carbocycles. The molecule has 6 nitrogen and oxygen atoms in total. The van der Waals surface area contributed by atoms with Gasteiger partial charge in [0.05, 0.1) is 23.7 Å². The molecule has 0 amide bonds. The van der Waals surface area contributed by atoms with Gasteiger partial charge in [-0.3, -0.25) is 0 Å². The van der Waals surface area contributed by atoms with Gasteiger partial charge >= 0.3 is 11.9 Å². The molecule has 2 rings (SSSR count). The second kappa shape index (κ2) is 4.95. The topological polar surface area (TPSA) is 71.1 Å². The Balaban J connectivity index is 2.20. The SMILES string of the molecule is C=COC1COC(=O)C2=C(C(=O)O1)C(OC=C)C2. The molecule has 18 heavy (non-hydrogen) atoms. The molecule has 0 fully saturated rings. The zero-order valence-corrected chi connectivity index (χ0v) is 9.59. The van der Waals surface area contributed by atoms with Gasteiger partial charge in [-0.2, -0.15) is 0 Å². The van der Waals surface area contributed by atoms with Crippen LogP contribution in [0.15, 0.2) is 36.8 Å². The first kappa shape index (κ1) is 12.2. The molecule has 0 radical (unpaired) electrons. The summed E-state index contributed by atoms with van der Waals surface area (Å²) in [6, 6.07) is 0. The van der Waals surface area contributed by atoms with Crippen LogP contribution in [0.2, 0.25) is 0 Å². The number of cyclic esters (lactones) is 2. The molecule has 0 aromatic heterocycles. The van der Waals surface area contributed by atoms with Crippen LogP contribution in [0.4, 0.5) is 0 Å². The van der Waals surface area contributed by atoms with E-state index in [1.54, 1.807) is 0 Å². The van der Waals surface area contributed by atoms with Crippen LogP contribution in [-0.2, 0) is 28.5 Å². The molecule has 96 valence electrons. The summed E-state index contributed by atoms with van der Waals surface area (Å²) < 4.78 is 19.9. The van der Waals surface area contributed by atoms with Crippen LogP contribution in [0.3, 0.4) is 0 Å². The summed E-state index contributed by atoms with van der Waals surface area (Å²) in [5.41, 5.74) is 0.446. The maximum atomic E-state index is 11.8. The Kier molecular flexibility index (Phi) is 3.36. The van der Waals surface area contributed by atoms with Crippen LogP contribution in [-0.4, -0.2) is 30.9 Å². The highest BCUT2D eigenvalue weighted by atomic mass is 16.7. The van der Waals surface area contributed by atoms with E-state index in [4.69, 9.17) is 18.9 Å². The van der Waals surface area contributed by atoms with Crippen LogP contribution in [0.25, 0.3) is 0 Å². The first-order chi connectivity index (χ1) is 8.67. The van der Waals surface area contributed by atoms with Crippen molar-refractivity contribution in [3.8, 4) is 0 Å². The van der Waals surface area contributed by atoms with E-state index in [2.05, 4.69) is 13.2 Å². The largest absolute Gasteiger partial charge is 0.493 e. The lowest BCUT2D eigenvalue weighted by atomic mass is 9.85. The minimum absolute atomic E-state index is 0.164. The van der Waals surface area contributed by atoms with Gasteiger partial charge in [0.15, 0.2) is 6.61 Å². The molecular formula is C12H12O6. The minimum atomic E-state index is -0.988. The van der Waals surface area contributed by atoms with Crippen LogP contribution < -0.4 is 0 Å². The summed E-state index contributed by atoms with van der Waals surface area (Å²) >= 11 is 0. The highest BCUT2D eigenvalue weighted by Crippen LogP contribution is 2.34. The van der Waals surface area contributed by atoms with Crippen molar-refractivity contribution in [2.75, 3.05) is 6.61 Å². The predicted molar refractivity (Wildman–Crippen MR) is 58.8 cm³/mol. The van der Waals surface area contributed by atoms with Crippen molar-refractivity contribution in [2.45, 2.75) is 18.8 Å². The number of esters is 2. The fraction of sp³-hybridized carbons (Fsp3) is 0.333. The first-order valence-electron chi connectivity index (χ1n) is 5.31. The molecule has 0 bridgehead atoms. The van der Waals surface area contributed by atoms with E-state index in [9.17, 15) is 9.59 Å². The molecule has 0 aromatic carbocycles. The zero-order valence-electron chi connectivity index (χ0n) is 9.59. The van der Waals surface area contributed by atoms with Crippen LogP contribution in [0.1, 0.15) is 6.42 Å². The fourth-order valence-electron chi connectivity index (χ4n) is 1.76. The number of ether oxygens (including phenoxy) is 4. The number of rotatable bonds is 4. The lowest BCUT2D eigenvalue weighted by Crippen LogP contribution is -2.41. The Morgan fingerprint density at radius 3 is 2.56 bits per heavy atom.